The van der Waals surface area contributed by atoms with Crippen LogP contribution in [0.15, 0.2) is 54.6 Å². The Bertz CT molecular complexity index is 1070. The number of hydrogen-bond acceptors (Lipinski definition) is 2. The van der Waals surface area contributed by atoms with Crippen molar-refractivity contribution in [1.29, 1.82) is 0 Å². The standard InChI is InChI=1S/C24H22F4N2O/c25-17-9-11-18(12-10-17)29-23(31)13-15-5-7-16(8-6-15)20-14-22(24(26,27)28)30-21-4-2-1-3-19(20)21/h1-4,9-12,14-16H,5-8,13H2,(H,29,31)/t15-,16-. The van der Waals surface area contributed by atoms with Gasteiger partial charge in [-0.1, -0.05) is 18.2 Å². The van der Waals surface area contributed by atoms with Crippen molar-refractivity contribution in [1.82, 2.24) is 4.98 Å². The molecule has 0 saturated heterocycles. The Morgan fingerprint density at radius 1 is 1.00 bits per heavy atom. The molecule has 0 spiro atoms. The van der Waals surface area contributed by atoms with E-state index in [1.807, 2.05) is 12.1 Å². The molecule has 1 N–H and O–H groups in total. The third-order valence-corrected chi connectivity index (χ3v) is 5.93. The summed E-state index contributed by atoms with van der Waals surface area (Å²) in [6, 6.07) is 13.7. The van der Waals surface area contributed by atoms with Gasteiger partial charge in [0.25, 0.3) is 0 Å². The molecule has 3 nitrogen and oxygen atoms in total. The largest absolute Gasteiger partial charge is 0.433 e. The predicted molar refractivity (Wildman–Crippen MR) is 111 cm³/mol. The highest BCUT2D eigenvalue weighted by atomic mass is 19.4. The molecule has 0 radical (unpaired) electrons. The number of nitrogens with zero attached hydrogens (tertiary/aromatic N) is 1. The molecule has 0 aliphatic heterocycles. The van der Waals surface area contributed by atoms with Gasteiger partial charge in [-0.2, -0.15) is 13.2 Å². The number of para-hydroxylation sites is 1. The number of pyridine rings is 1. The van der Waals surface area contributed by atoms with Gasteiger partial charge in [-0.05, 0) is 79.5 Å². The fourth-order valence-corrected chi connectivity index (χ4v) is 4.37. The Morgan fingerprint density at radius 3 is 2.35 bits per heavy atom. The van der Waals surface area contributed by atoms with Crippen molar-refractivity contribution >= 4 is 22.5 Å². The topological polar surface area (TPSA) is 42.0 Å². The lowest BCUT2D eigenvalue weighted by Gasteiger charge is -2.29. The number of nitrogens with one attached hydrogen (secondary N) is 1. The number of halogens is 4. The Morgan fingerprint density at radius 2 is 1.68 bits per heavy atom. The molecule has 2 aromatic carbocycles. The Balaban J connectivity index is 1.43. The van der Waals surface area contributed by atoms with Gasteiger partial charge in [0.2, 0.25) is 5.91 Å². The van der Waals surface area contributed by atoms with Crippen LogP contribution >= 0.6 is 0 Å². The quantitative estimate of drug-likeness (QED) is 0.468. The average molecular weight is 430 g/mol. The molecule has 1 saturated carbocycles. The molecule has 0 atom stereocenters. The number of amides is 1. The number of aromatic nitrogens is 1. The van der Waals surface area contributed by atoms with Crippen LogP contribution in [0, 0.1) is 11.7 Å². The van der Waals surface area contributed by atoms with Gasteiger partial charge >= 0.3 is 6.18 Å². The number of carbonyl (C=O) groups is 1. The Hall–Kier alpha value is -2.96. The second-order valence-corrected chi connectivity index (χ2v) is 8.09. The highest BCUT2D eigenvalue weighted by Crippen LogP contribution is 2.41. The lowest BCUT2D eigenvalue weighted by molar-refractivity contribution is -0.141. The average Bonchev–Trinajstić information content (AvgIpc) is 2.74. The molecule has 3 aromatic rings. The van der Waals surface area contributed by atoms with Crippen LogP contribution in [-0.4, -0.2) is 10.9 Å². The van der Waals surface area contributed by atoms with Gasteiger partial charge in [-0.15, -0.1) is 0 Å². The van der Waals surface area contributed by atoms with Gasteiger partial charge in [0, 0.05) is 17.5 Å². The zero-order valence-corrected chi connectivity index (χ0v) is 16.8. The predicted octanol–water partition coefficient (Wildman–Crippen LogP) is 6.70. The summed E-state index contributed by atoms with van der Waals surface area (Å²) in [7, 11) is 0. The Kier molecular flexibility index (Phi) is 5.94. The molecular formula is C24H22F4N2O. The number of alkyl halides is 3. The van der Waals surface area contributed by atoms with E-state index in [0.29, 0.717) is 23.2 Å². The van der Waals surface area contributed by atoms with Crippen LogP contribution in [-0.2, 0) is 11.0 Å². The lowest BCUT2D eigenvalue weighted by atomic mass is 9.76. The van der Waals surface area contributed by atoms with Crippen LogP contribution in [0.2, 0.25) is 0 Å². The van der Waals surface area contributed by atoms with Crippen molar-refractivity contribution in [3.63, 3.8) is 0 Å². The van der Waals surface area contributed by atoms with E-state index in [-0.39, 0.29) is 23.6 Å². The summed E-state index contributed by atoms with van der Waals surface area (Å²) in [6.07, 6.45) is -1.18. The number of rotatable bonds is 4. The van der Waals surface area contributed by atoms with Crippen molar-refractivity contribution in [2.45, 2.75) is 44.2 Å². The van der Waals surface area contributed by atoms with E-state index < -0.39 is 11.9 Å². The first-order chi connectivity index (χ1) is 14.8. The fraction of sp³-hybridized carbons (Fsp3) is 0.333. The summed E-state index contributed by atoms with van der Waals surface area (Å²) >= 11 is 0. The lowest BCUT2D eigenvalue weighted by Crippen LogP contribution is -2.21. The van der Waals surface area contributed by atoms with E-state index >= 15 is 0 Å². The maximum absolute atomic E-state index is 13.3. The summed E-state index contributed by atoms with van der Waals surface area (Å²) < 4.78 is 53.0. The van der Waals surface area contributed by atoms with Crippen molar-refractivity contribution in [2.24, 2.45) is 5.92 Å². The maximum Gasteiger partial charge on any atom is 0.433 e. The minimum atomic E-state index is -4.49. The molecule has 1 aliphatic rings. The first kappa shape index (κ1) is 21.3. The van der Waals surface area contributed by atoms with E-state index in [2.05, 4.69) is 10.3 Å². The molecular weight excluding hydrogens is 408 g/mol. The molecule has 0 bridgehead atoms. The van der Waals surface area contributed by atoms with Gasteiger partial charge in [-0.3, -0.25) is 4.79 Å². The van der Waals surface area contributed by atoms with Crippen LogP contribution < -0.4 is 5.32 Å². The van der Waals surface area contributed by atoms with Gasteiger partial charge in [0.1, 0.15) is 11.5 Å². The smallest absolute Gasteiger partial charge is 0.326 e. The molecule has 1 amide bonds. The Labute approximate surface area is 177 Å². The van der Waals surface area contributed by atoms with E-state index in [0.717, 1.165) is 31.1 Å². The summed E-state index contributed by atoms with van der Waals surface area (Å²) in [5.74, 6) is -0.324. The summed E-state index contributed by atoms with van der Waals surface area (Å²) in [5, 5.41) is 3.53. The highest BCUT2D eigenvalue weighted by Gasteiger charge is 2.34. The molecule has 1 fully saturated rings. The van der Waals surface area contributed by atoms with Crippen LogP contribution in [0.3, 0.4) is 0 Å². The van der Waals surface area contributed by atoms with Gasteiger partial charge in [0.05, 0.1) is 5.52 Å². The molecule has 7 heteroatoms. The minimum absolute atomic E-state index is 0.00501. The van der Waals surface area contributed by atoms with E-state index in [9.17, 15) is 22.4 Å². The molecule has 31 heavy (non-hydrogen) atoms. The maximum atomic E-state index is 13.3. The highest BCUT2D eigenvalue weighted by molar-refractivity contribution is 5.90. The van der Waals surface area contributed by atoms with E-state index in [1.54, 1.807) is 12.1 Å². The molecule has 1 aliphatic carbocycles. The van der Waals surface area contributed by atoms with Crippen LogP contribution in [0.25, 0.3) is 10.9 Å². The summed E-state index contributed by atoms with van der Waals surface area (Å²) in [6.45, 7) is 0. The minimum Gasteiger partial charge on any atom is -0.326 e. The molecule has 0 unspecified atom stereocenters. The molecule has 162 valence electrons. The molecule has 4 rings (SSSR count). The monoisotopic (exact) mass is 430 g/mol. The van der Waals surface area contributed by atoms with E-state index in [4.69, 9.17) is 0 Å². The second kappa shape index (κ2) is 8.65. The van der Waals surface area contributed by atoms with Crippen molar-refractivity contribution in [3.05, 3.63) is 71.7 Å². The number of benzene rings is 2. The van der Waals surface area contributed by atoms with E-state index in [1.165, 1.54) is 30.3 Å². The number of anilines is 1. The third-order valence-electron chi connectivity index (χ3n) is 5.93. The van der Waals surface area contributed by atoms with Gasteiger partial charge in [0.15, 0.2) is 0 Å². The number of carbonyl (C=O) groups excluding carboxylic acids is 1. The van der Waals surface area contributed by atoms with Crippen molar-refractivity contribution in [2.75, 3.05) is 5.32 Å². The fourth-order valence-electron chi connectivity index (χ4n) is 4.37. The zero-order chi connectivity index (χ0) is 22.0. The van der Waals surface area contributed by atoms with Crippen molar-refractivity contribution in [3.8, 4) is 0 Å². The SMILES string of the molecule is O=C(C[C@H]1CC[C@H](c2cc(C(F)(F)F)nc3ccccc32)CC1)Nc1ccc(F)cc1. The summed E-state index contributed by atoms with van der Waals surface area (Å²) in [4.78, 5) is 16.1. The first-order valence-electron chi connectivity index (χ1n) is 10.3. The van der Waals surface area contributed by atoms with Crippen LogP contribution in [0.4, 0.5) is 23.2 Å². The van der Waals surface area contributed by atoms with Crippen LogP contribution in [0.5, 0.6) is 0 Å². The van der Waals surface area contributed by atoms with Crippen molar-refractivity contribution < 1.29 is 22.4 Å². The van der Waals surface area contributed by atoms with Crippen LogP contribution in [0.1, 0.15) is 49.3 Å². The van der Waals surface area contributed by atoms with Gasteiger partial charge in [-0.25, -0.2) is 9.37 Å². The van der Waals surface area contributed by atoms with Gasteiger partial charge < -0.3 is 5.32 Å². The number of fused-ring (bicyclic) bond motifs is 1. The zero-order valence-electron chi connectivity index (χ0n) is 16.8. The molecule has 1 aromatic heterocycles. The second-order valence-electron chi connectivity index (χ2n) is 8.09. The molecule has 1 heterocycles. The normalized spacial score (nSPS) is 19.4. The number of hydrogen-bond donors (Lipinski definition) is 1. The third kappa shape index (κ3) is 5.03. The first-order valence-corrected chi connectivity index (χ1v) is 10.3. The summed E-state index contributed by atoms with van der Waals surface area (Å²) in [5.41, 5.74) is 0.727.